The Labute approximate surface area is 131 Å². The van der Waals surface area contributed by atoms with Gasteiger partial charge in [0.1, 0.15) is 5.82 Å². The summed E-state index contributed by atoms with van der Waals surface area (Å²) in [6, 6.07) is 4.26. The quantitative estimate of drug-likeness (QED) is 0.799. The lowest BCUT2D eigenvalue weighted by molar-refractivity contribution is -0.137. The number of rotatable bonds is 2. The molecule has 1 aromatic rings. The molecule has 0 heterocycles. The monoisotopic (exact) mass is 356 g/mol. The Morgan fingerprint density at radius 3 is 2.62 bits per heavy atom. The number of anilines is 1. The highest BCUT2D eigenvalue weighted by atomic mass is 79.9. The van der Waals surface area contributed by atoms with Gasteiger partial charge in [-0.1, -0.05) is 35.7 Å². The number of carbonyl (C=O) groups excluding carboxylic acids is 2. The first-order valence-electron chi connectivity index (χ1n) is 7.04. The van der Waals surface area contributed by atoms with Gasteiger partial charge in [0, 0.05) is 10.5 Å². The van der Waals surface area contributed by atoms with Crippen LogP contribution in [0.1, 0.15) is 32.6 Å². The van der Waals surface area contributed by atoms with Crippen LogP contribution >= 0.6 is 15.9 Å². The highest BCUT2D eigenvalue weighted by Gasteiger charge is 2.25. The lowest BCUT2D eigenvalue weighted by Gasteiger charge is -2.29. The minimum atomic E-state index is -0.839. The third-order valence-corrected chi connectivity index (χ3v) is 4.31. The second-order valence-electron chi connectivity index (χ2n) is 5.42. The number of hydrogen-bond acceptors (Lipinski definition) is 2. The van der Waals surface area contributed by atoms with Crippen LogP contribution in [0.3, 0.4) is 0 Å². The first-order valence-corrected chi connectivity index (χ1v) is 7.83. The van der Waals surface area contributed by atoms with Crippen molar-refractivity contribution in [1.29, 1.82) is 0 Å². The van der Waals surface area contributed by atoms with Gasteiger partial charge in [-0.05, 0) is 37.0 Å². The van der Waals surface area contributed by atoms with Gasteiger partial charge in [-0.25, -0.2) is 4.39 Å². The van der Waals surface area contributed by atoms with Crippen molar-refractivity contribution in [3.05, 3.63) is 28.5 Å². The third kappa shape index (κ3) is 4.27. The molecular weight excluding hydrogens is 339 g/mol. The number of benzene rings is 1. The average Bonchev–Trinajstić information content (AvgIpc) is 2.44. The van der Waals surface area contributed by atoms with Crippen molar-refractivity contribution in [1.82, 2.24) is 5.32 Å². The van der Waals surface area contributed by atoms with Crippen molar-refractivity contribution in [2.75, 3.05) is 5.32 Å². The average molecular weight is 357 g/mol. The van der Waals surface area contributed by atoms with E-state index in [0.29, 0.717) is 10.4 Å². The van der Waals surface area contributed by atoms with Crippen LogP contribution in [0.15, 0.2) is 22.7 Å². The van der Waals surface area contributed by atoms with Crippen LogP contribution in [0.25, 0.3) is 0 Å². The first kappa shape index (κ1) is 15.9. The fraction of sp³-hybridized carbons (Fsp3) is 0.467. The summed E-state index contributed by atoms with van der Waals surface area (Å²) in [4.78, 5) is 23.7. The topological polar surface area (TPSA) is 58.2 Å². The van der Waals surface area contributed by atoms with Crippen molar-refractivity contribution in [2.45, 2.75) is 38.6 Å². The molecule has 1 aliphatic carbocycles. The molecule has 6 heteroatoms. The Kier molecular flexibility index (Phi) is 5.33. The van der Waals surface area contributed by atoms with Crippen LogP contribution in [0.4, 0.5) is 10.1 Å². The van der Waals surface area contributed by atoms with E-state index in [4.69, 9.17) is 0 Å². The fourth-order valence-corrected chi connectivity index (χ4v) is 2.87. The van der Waals surface area contributed by atoms with E-state index in [-0.39, 0.29) is 11.7 Å². The van der Waals surface area contributed by atoms with Crippen LogP contribution < -0.4 is 10.6 Å². The largest absolute Gasteiger partial charge is 0.345 e. The van der Waals surface area contributed by atoms with Crippen molar-refractivity contribution >= 4 is 33.4 Å². The molecule has 2 N–H and O–H groups in total. The van der Waals surface area contributed by atoms with Crippen LogP contribution in [0.2, 0.25) is 0 Å². The maximum atomic E-state index is 13.6. The zero-order valence-electron chi connectivity index (χ0n) is 11.8. The van der Waals surface area contributed by atoms with E-state index in [1.165, 1.54) is 12.1 Å². The van der Waals surface area contributed by atoms with Crippen molar-refractivity contribution in [3.63, 3.8) is 0 Å². The Bertz CT molecular complexity index is 550. The van der Waals surface area contributed by atoms with Crippen LogP contribution in [0, 0.1) is 11.7 Å². The smallest absolute Gasteiger partial charge is 0.313 e. The Morgan fingerprint density at radius 1 is 1.24 bits per heavy atom. The predicted octanol–water partition coefficient (Wildman–Crippen LogP) is 3.22. The van der Waals surface area contributed by atoms with Gasteiger partial charge in [0.15, 0.2) is 0 Å². The number of halogens is 2. The summed E-state index contributed by atoms with van der Waals surface area (Å²) in [6.07, 6.45) is 4.14. The van der Waals surface area contributed by atoms with Gasteiger partial charge >= 0.3 is 11.8 Å². The van der Waals surface area contributed by atoms with Crippen molar-refractivity contribution in [3.8, 4) is 0 Å². The first-order chi connectivity index (χ1) is 9.97. The molecule has 2 atom stereocenters. The zero-order chi connectivity index (χ0) is 15.4. The molecule has 2 amide bonds. The molecule has 114 valence electrons. The van der Waals surface area contributed by atoms with Crippen LogP contribution in [0.5, 0.6) is 0 Å². The van der Waals surface area contributed by atoms with Gasteiger partial charge in [0.25, 0.3) is 0 Å². The maximum Gasteiger partial charge on any atom is 0.313 e. The maximum absolute atomic E-state index is 13.6. The lowest BCUT2D eigenvalue weighted by atomic mass is 9.86. The molecule has 21 heavy (non-hydrogen) atoms. The zero-order valence-corrected chi connectivity index (χ0v) is 13.4. The van der Waals surface area contributed by atoms with Gasteiger partial charge in [0.2, 0.25) is 0 Å². The molecule has 1 fully saturated rings. The minimum Gasteiger partial charge on any atom is -0.345 e. The van der Waals surface area contributed by atoms with Gasteiger partial charge in [-0.15, -0.1) is 0 Å². The van der Waals surface area contributed by atoms with E-state index in [2.05, 4.69) is 33.5 Å². The Morgan fingerprint density at radius 2 is 1.95 bits per heavy atom. The number of amides is 2. The third-order valence-electron chi connectivity index (χ3n) is 3.81. The van der Waals surface area contributed by atoms with E-state index < -0.39 is 17.6 Å². The Hall–Kier alpha value is -1.43. The van der Waals surface area contributed by atoms with Crippen LogP contribution in [-0.4, -0.2) is 17.9 Å². The number of hydrogen-bond donors (Lipinski definition) is 2. The summed E-state index contributed by atoms with van der Waals surface area (Å²) >= 11 is 3.13. The lowest BCUT2D eigenvalue weighted by Crippen LogP contribution is -2.45. The number of carbonyl (C=O) groups is 2. The molecule has 0 saturated heterocycles. The molecule has 4 nitrogen and oxygen atoms in total. The molecule has 0 aliphatic heterocycles. The Balaban J connectivity index is 1.94. The number of nitrogens with one attached hydrogen (secondary N) is 2. The predicted molar refractivity (Wildman–Crippen MR) is 82.3 cm³/mol. The highest BCUT2D eigenvalue weighted by Crippen LogP contribution is 2.24. The SMILES string of the molecule is C[C@@H]1CCCC[C@H]1NC(=O)C(=O)Nc1ccc(Br)cc1F. The van der Waals surface area contributed by atoms with Gasteiger partial charge in [0.05, 0.1) is 5.69 Å². The summed E-state index contributed by atoms with van der Waals surface area (Å²) in [5.41, 5.74) is -0.00459. The summed E-state index contributed by atoms with van der Waals surface area (Å²) < 4.78 is 14.2. The van der Waals surface area contributed by atoms with E-state index in [0.717, 1.165) is 25.7 Å². The summed E-state index contributed by atoms with van der Waals surface area (Å²) in [5.74, 6) is -1.78. The van der Waals surface area contributed by atoms with E-state index in [9.17, 15) is 14.0 Å². The second kappa shape index (κ2) is 7.02. The highest BCUT2D eigenvalue weighted by molar-refractivity contribution is 9.10. The van der Waals surface area contributed by atoms with E-state index >= 15 is 0 Å². The molecule has 0 spiro atoms. The normalized spacial score (nSPS) is 21.7. The summed E-state index contributed by atoms with van der Waals surface area (Å²) in [7, 11) is 0. The summed E-state index contributed by atoms with van der Waals surface area (Å²) in [6.45, 7) is 2.07. The van der Waals surface area contributed by atoms with Gasteiger partial charge in [-0.3, -0.25) is 9.59 Å². The molecular formula is C15H18BrFN2O2. The van der Waals surface area contributed by atoms with Crippen molar-refractivity contribution in [2.24, 2.45) is 5.92 Å². The molecule has 0 radical (unpaired) electrons. The minimum absolute atomic E-state index is 0.00459. The molecule has 1 saturated carbocycles. The van der Waals surface area contributed by atoms with Gasteiger partial charge in [-0.2, -0.15) is 0 Å². The molecule has 0 aromatic heterocycles. The molecule has 0 unspecified atom stereocenters. The van der Waals surface area contributed by atoms with Crippen molar-refractivity contribution < 1.29 is 14.0 Å². The molecule has 1 aromatic carbocycles. The summed E-state index contributed by atoms with van der Waals surface area (Å²) in [5, 5.41) is 5.03. The van der Waals surface area contributed by atoms with Gasteiger partial charge < -0.3 is 10.6 Å². The second-order valence-corrected chi connectivity index (χ2v) is 6.34. The molecule has 1 aliphatic rings. The van der Waals surface area contributed by atoms with E-state index in [1.807, 2.05) is 0 Å². The van der Waals surface area contributed by atoms with E-state index in [1.54, 1.807) is 6.07 Å². The van der Waals surface area contributed by atoms with Crippen LogP contribution in [-0.2, 0) is 9.59 Å². The fourth-order valence-electron chi connectivity index (χ4n) is 2.53. The standard InChI is InChI=1S/C15H18BrFN2O2/c1-9-4-2-3-5-12(9)18-14(20)15(21)19-13-7-6-10(16)8-11(13)17/h6-9,12H,2-5H2,1H3,(H,18,20)(H,19,21)/t9-,12-/m1/s1. The molecule has 2 rings (SSSR count). The molecule has 0 bridgehead atoms.